The largest absolute Gasteiger partial charge is 0.492 e. The normalized spacial score (nSPS) is 16.7. The zero-order valence-corrected chi connectivity index (χ0v) is 15.7. The lowest BCUT2D eigenvalue weighted by molar-refractivity contribution is -0.122. The minimum Gasteiger partial charge on any atom is -0.492 e. The summed E-state index contributed by atoms with van der Waals surface area (Å²) in [6, 6.07) is 12.2. The fourth-order valence-corrected chi connectivity index (χ4v) is 3.19. The van der Waals surface area contributed by atoms with Crippen LogP contribution in [0.25, 0.3) is 0 Å². The molecule has 1 aliphatic rings. The molecule has 0 spiro atoms. The van der Waals surface area contributed by atoms with Gasteiger partial charge in [-0.1, -0.05) is 35.3 Å². The van der Waals surface area contributed by atoms with Crippen molar-refractivity contribution < 1.29 is 14.3 Å². The fraction of sp³-hybridized carbons (Fsp3) is 0.263. The molecule has 1 fully saturated rings. The Kier molecular flexibility index (Phi) is 5.69. The zero-order chi connectivity index (χ0) is 18.7. The third kappa shape index (κ3) is 3.94. The summed E-state index contributed by atoms with van der Waals surface area (Å²) < 4.78 is 5.59. The minimum atomic E-state index is -0.452. The molecule has 1 saturated heterocycles. The average molecular weight is 393 g/mol. The van der Waals surface area contributed by atoms with Crippen LogP contribution in [0.2, 0.25) is 10.0 Å². The molecule has 1 aliphatic heterocycles. The standard InChI is InChI=1S/C19H18Cl2N2O3/c1-2-26-17-6-4-3-5-16(17)23-11-12(9-18(23)24)19(25)22-13-7-8-14(20)15(21)10-13/h3-8,10,12H,2,9,11H2,1H3,(H,22,25). The van der Waals surface area contributed by atoms with E-state index in [1.54, 1.807) is 23.1 Å². The second-order valence-corrected chi connectivity index (χ2v) is 6.74. The van der Waals surface area contributed by atoms with Crippen LogP contribution in [0.5, 0.6) is 5.75 Å². The maximum Gasteiger partial charge on any atom is 0.229 e. The van der Waals surface area contributed by atoms with Crippen molar-refractivity contribution in [2.45, 2.75) is 13.3 Å². The van der Waals surface area contributed by atoms with Crippen LogP contribution in [0, 0.1) is 5.92 Å². The molecule has 0 bridgehead atoms. The molecule has 1 heterocycles. The number of carbonyl (C=O) groups excluding carboxylic acids is 2. The lowest BCUT2D eigenvalue weighted by Gasteiger charge is -2.20. The molecule has 3 rings (SSSR count). The Hall–Kier alpha value is -2.24. The van der Waals surface area contributed by atoms with E-state index in [0.717, 1.165) is 0 Å². The Bertz CT molecular complexity index is 841. The van der Waals surface area contributed by atoms with E-state index in [1.807, 2.05) is 31.2 Å². The first-order chi connectivity index (χ1) is 12.5. The lowest BCUT2D eigenvalue weighted by Crippen LogP contribution is -2.28. The van der Waals surface area contributed by atoms with Crippen LogP contribution in [-0.4, -0.2) is 25.0 Å². The van der Waals surface area contributed by atoms with Gasteiger partial charge in [0.15, 0.2) is 0 Å². The maximum absolute atomic E-state index is 12.5. The number of carbonyl (C=O) groups is 2. The van der Waals surface area contributed by atoms with Gasteiger partial charge in [-0.3, -0.25) is 9.59 Å². The van der Waals surface area contributed by atoms with Gasteiger partial charge in [-0.2, -0.15) is 0 Å². The molecule has 0 aromatic heterocycles. The van der Waals surface area contributed by atoms with Gasteiger partial charge in [-0.15, -0.1) is 0 Å². The first-order valence-corrected chi connectivity index (χ1v) is 9.03. The second-order valence-electron chi connectivity index (χ2n) is 5.92. The summed E-state index contributed by atoms with van der Waals surface area (Å²) in [5, 5.41) is 3.57. The number of para-hydroxylation sites is 2. The molecule has 0 saturated carbocycles. The Morgan fingerprint density at radius 3 is 2.73 bits per heavy atom. The van der Waals surface area contributed by atoms with Crippen molar-refractivity contribution >= 4 is 46.4 Å². The van der Waals surface area contributed by atoms with Crippen LogP contribution in [-0.2, 0) is 9.59 Å². The molecule has 2 aromatic rings. The van der Waals surface area contributed by atoms with Gasteiger partial charge >= 0.3 is 0 Å². The second kappa shape index (κ2) is 7.98. The summed E-state index contributed by atoms with van der Waals surface area (Å²) in [5.74, 6) is -0.153. The van der Waals surface area contributed by atoms with Gasteiger partial charge < -0.3 is 15.0 Å². The van der Waals surface area contributed by atoms with Crippen molar-refractivity contribution in [1.29, 1.82) is 0 Å². The number of ether oxygens (including phenoxy) is 1. The highest BCUT2D eigenvalue weighted by molar-refractivity contribution is 6.42. The molecule has 7 heteroatoms. The third-order valence-corrected chi connectivity index (χ3v) is 4.88. The number of amides is 2. The topological polar surface area (TPSA) is 58.6 Å². The smallest absolute Gasteiger partial charge is 0.229 e. The summed E-state index contributed by atoms with van der Waals surface area (Å²) in [6.07, 6.45) is 0.146. The highest BCUT2D eigenvalue weighted by atomic mass is 35.5. The number of benzene rings is 2. The Balaban J connectivity index is 1.73. The number of halogens is 2. The van der Waals surface area contributed by atoms with Crippen molar-refractivity contribution in [1.82, 2.24) is 0 Å². The van der Waals surface area contributed by atoms with Crippen LogP contribution in [0.3, 0.4) is 0 Å². The van der Waals surface area contributed by atoms with E-state index in [2.05, 4.69) is 5.32 Å². The van der Waals surface area contributed by atoms with E-state index in [-0.39, 0.29) is 18.2 Å². The number of anilines is 2. The van der Waals surface area contributed by atoms with E-state index in [9.17, 15) is 9.59 Å². The average Bonchev–Trinajstić information content (AvgIpc) is 3.01. The van der Waals surface area contributed by atoms with Gasteiger partial charge in [-0.25, -0.2) is 0 Å². The van der Waals surface area contributed by atoms with E-state index < -0.39 is 5.92 Å². The summed E-state index contributed by atoms with van der Waals surface area (Å²) in [7, 11) is 0. The molecule has 2 aromatic carbocycles. The lowest BCUT2D eigenvalue weighted by atomic mass is 10.1. The van der Waals surface area contributed by atoms with E-state index in [4.69, 9.17) is 27.9 Å². The predicted octanol–water partition coefficient (Wildman–Crippen LogP) is 4.38. The van der Waals surface area contributed by atoms with Crippen LogP contribution in [0.1, 0.15) is 13.3 Å². The van der Waals surface area contributed by atoms with E-state index in [0.29, 0.717) is 40.3 Å². The summed E-state index contributed by atoms with van der Waals surface area (Å²) in [4.78, 5) is 26.6. The summed E-state index contributed by atoms with van der Waals surface area (Å²) in [5.41, 5.74) is 1.23. The monoisotopic (exact) mass is 392 g/mol. The molecule has 1 N–H and O–H groups in total. The minimum absolute atomic E-state index is 0.105. The molecular weight excluding hydrogens is 375 g/mol. The van der Waals surface area contributed by atoms with Crippen LogP contribution >= 0.6 is 23.2 Å². The molecular formula is C19H18Cl2N2O3. The number of hydrogen-bond acceptors (Lipinski definition) is 3. The zero-order valence-electron chi connectivity index (χ0n) is 14.2. The van der Waals surface area contributed by atoms with Gasteiger partial charge in [0, 0.05) is 18.7 Å². The van der Waals surface area contributed by atoms with Crippen LogP contribution in [0.15, 0.2) is 42.5 Å². The summed E-state index contributed by atoms with van der Waals surface area (Å²) in [6.45, 7) is 2.69. The van der Waals surface area contributed by atoms with Gasteiger partial charge in [0.25, 0.3) is 0 Å². The van der Waals surface area contributed by atoms with Crippen molar-refractivity contribution in [3.05, 3.63) is 52.5 Å². The predicted molar refractivity (Wildman–Crippen MR) is 103 cm³/mol. The van der Waals surface area contributed by atoms with E-state index in [1.165, 1.54) is 0 Å². The Labute approximate surface area is 161 Å². The SMILES string of the molecule is CCOc1ccccc1N1CC(C(=O)Nc2ccc(Cl)c(Cl)c2)CC1=O. The Morgan fingerprint density at radius 1 is 1.23 bits per heavy atom. The number of hydrogen-bond donors (Lipinski definition) is 1. The highest BCUT2D eigenvalue weighted by Gasteiger charge is 2.36. The molecule has 26 heavy (non-hydrogen) atoms. The van der Waals surface area contributed by atoms with Gasteiger partial charge in [0.2, 0.25) is 11.8 Å². The van der Waals surface area contributed by atoms with Gasteiger partial charge in [0.1, 0.15) is 5.75 Å². The molecule has 2 amide bonds. The third-order valence-electron chi connectivity index (χ3n) is 4.14. The first-order valence-electron chi connectivity index (χ1n) is 8.27. The quantitative estimate of drug-likeness (QED) is 0.820. The maximum atomic E-state index is 12.5. The van der Waals surface area contributed by atoms with Crippen molar-refractivity contribution in [2.75, 3.05) is 23.4 Å². The van der Waals surface area contributed by atoms with Crippen molar-refractivity contribution in [3.8, 4) is 5.75 Å². The van der Waals surface area contributed by atoms with Crippen LogP contribution < -0.4 is 15.0 Å². The summed E-state index contributed by atoms with van der Waals surface area (Å²) >= 11 is 11.9. The van der Waals surface area contributed by atoms with Gasteiger partial charge in [0.05, 0.1) is 28.3 Å². The first kappa shape index (κ1) is 18.5. The number of nitrogens with zero attached hydrogens (tertiary/aromatic N) is 1. The Morgan fingerprint density at radius 2 is 2.00 bits per heavy atom. The number of rotatable bonds is 5. The van der Waals surface area contributed by atoms with Gasteiger partial charge in [-0.05, 0) is 37.3 Å². The molecule has 1 atom stereocenters. The molecule has 0 radical (unpaired) electrons. The van der Waals surface area contributed by atoms with Crippen molar-refractivity contribution in [2.24, 2.45) is 5.92 Å². The van der Waals surface area contributed by atoms with E-state index >= 15 is 0 Å². The highest BCUT2D eigenvalue weighted by Crippen LogP contribution is 2.33. The molecule has 136 valence electrons. The van der Waals surface area contributed by atoms with Crippen molar-refractivity contribution in [3.63, 3.8) is 0 Å². The number of nitrogens with one attached hydrogen (secondary N) is 1. The molecule has 1 unspecified atom stereocenters. The molecule has 0 aliphatic carbocycles. The fourth-order valence-electron chi connectivity index (χ4n) is 2.89. The van der Waals surface area contributed by atoms with Crippen LogP contribution in [0.4, 0.5) is 11.4 Å². The molecule has 5 nitrogen and oxygen atoms in total.